The van der Waals surface area contributed by atoms with Crippen LogP contribution >= 0.6 is 0 Å². The van der Waals surface area contributed by atoms with Gasteiger partial charge in [0.2, 0.25) is 0 Å². The van der Waals surface area contributed by atoms with E-state index >= 15 is 0 Å². The van der Waals surface area contributed by atoms with Gasteiger partial charge in [-0.05, 0) is 43.4 Å². The van der Waals surface area contributed by atoms with Gasteiger partial charge >= 0.3 is 0 Å². The Hall–Kier alpha value is -1.64. The van der Waals surface area contributed by atoms with Crippen LogP contribution in [0.3, 0.4) is 0 Å². The maximum atomic E-state index is 11.0. The molecule has 0 saturated heterocycles. The number of fused-ring (bicyclic) bond motifs is 1. The summed E-state index contributed by atoms with van der Waals surface area (Å²) in [5, 5.41) is 0. The van der Waals surface area contributed by atoms with E-state index in [0.29, 0.717) is 0 Å². The van der Waals surface area contributed by atoms with Gasteiger partial charge in [0.05, 0.1) is 6.61 Å². The van der Waals surface area contributed by atoms with E-state index in [2.05, 4.69) is 23.2 Å². The lowest BCUT2D eigenvalue weighted by Crippen LogP contribution is -2.08. The molecule has 3 heteroatoms. The van der Waals surface area contributed by atoms with Gasteiger partial charge in [-0.15, -0.1) is 0 Å². The number of Topliss-reactive ketones (excluding diaryl/α,β-unsaturated/α-hetero) is 1. The van der Waals surface area contributed by atoms with Gasteiger partial charge in [0.25, 0.3) is 0 Å². The van der Waals surface area contributed by atoms with Gasteiger partial charge in [-0.3, -0.25) is 9.79 Å². The van der Waals surface area contributed by atoms with Crippen LogP contribution in [0.1, 0.15) is 30.9 Å². The van der Waals surface area contributed by atoms with Crippen LogP contribution in [-0.2, 0) is 17.6 Å². The van der Waals surface area contributed by atoms with Gasteiger partial charge in [-0.1, -0.05) is 12.1 Å². The first-order chi connectivity index (χ1) is 8.74. The number of nitrogens with zero attached hydrogens (tertiary/aromatic N) is 1. The van der Waals surface area contributed by atoms with Crippen molar-refractivity contribution in [3.8, 4) is 5.75 Å². The Morgan fingerprint density at radius 1 is 1.44 bits per heavy atom. The zero-order valence-corrected chi connectivity index (χ0v) is 10.6. The third-order valence-corrected chi connectivity index (χ3v) is 3.58. The smallest absolute Gasteiger partial charge is 0.159 e. The van der Waals surface area contributed by atoms with Crippen LogP contribution < -0.4 is 4.74 Å². The molecule has 0 aromatic heterocycles. The molecule has 0 spiro atoms. The summed E-state index contributed by atoms with van der Waals surface area (Å²) in [6.07, 6.45) is 4.11. The predicted molar refractivity (Wildman–Crippen MR) is 70.5 cm³/mol. The Balaban J connectivity index is 1.49. The van der Waals surface area contributed by atoms with Crippen LogP contribution in [0, 0.1) is 0 Å². The number of carbonyl (C=O) groups is 1. The number of benzene rings is 1. The van der Waals surface area contributed by atoms with Crippen molar-refractivity contribution < 1.29 is 9.53 Å². The van der Waals surface area contributed by atoms with Crippen LogP contribution in [0.2, 0.25) is 0 Å². The summed E-state index contributed by atoms with van der Waals surface area (Å²) in [4.78, 5) is 15.2. The van der Waals surface area contributed by atoms with E-state index in [0.717, 1.165) is 43.8 Å². The Kier molecular flexibility index (Phi) is 2.90. The number of aryl methyl sites for hydroxylation is 1. The summed E-state index contributed by atoms with van der Waals surface area (Å²) in [5.41, 5.74) is 3.78. The molecule has 0 radical (unpaired) electrons. The zero-order valence-electron chi connectivity index (χ0n) is 10.6. The Bertz CT molecular complexity index is 519. The SMILES string of the molecule is CC(=O)C1N=C1CCCc1ccc2c(c1)CCO2. The van der Waals surface area contributed by atoms with Crippen LogP contribution in [0.5, 0.6) is 5.75 Å². The first kappa shape index (κ1) is 11.5. The fraction of sp³-hybridized carbons (Fsp3) is 0.467. The number of aliphatic imine (C=N–C) groups is 1. The van der Waals surface area contributed by atoms with E-state index in [-0.39, 0.29) is 11.8 Å². The second-order valence-electron chi connectivity index (χ2n) is 5.03. The summed E-state index contributed by atoms with van der Waals surface area (Å²) in [6, 6.07) is 6.39. The molecule has 18 heavy (non-hydrogen) atoms. The molecule has 2 heterocycles. The highest BCUT2D eigenvalue weighted by Gasteiger charge is 2.30. The maximum absolute atomic E-state index is 11.0. The first-order valence-corrected chi connectivity index (χ1v) is 6.55. The molecule has 2 aliphatic rings. The van der Waals surface area contributed by atoms with Crippen molar-refractivity contribution in [1.29, 1.82) is 0 Å². The van der Waals surface area contributed by atoms with Crippen LogP contribution in [0.25, 0.3) is 0 Å². The average molecular weight is 243 g/mol. The highest BCUT2D eigenvalue weighted by Crippen LogP contribution is 2.26. The molecule has 2 aliphatic heterocycles. The topological polar surface area (TPSA) is 38.7 Å². The van der Waals surface area contributed by atoms with E-state index < -0.39 is 0 Å². The fourth-order valence-corrected chi connectivity index (χ4v) is 2.52. The molecule has 1 atom stereocenters. The van der Waals surface area contributed by atoms with E-state index in [4.69, 9.17) is 4.74 Å². The van der Waals surface area contributed by atoms with Crippen molar-refractivity contribution in [2.45, 2.75) is 38.6 Å². The van der Waals surface area contributed by atoms with Crippen molar-refractivity contribution in [3.63, 3.8) is 0 Å². The van der Waals surface area contributed by atoms with E-state index in [1.807, 2.05) is 0 Å². The molecule has 1 aromatic carbocycles. The van der Waals surface area contributed by atoms with Gasteiger partial charge in [0.15, 0.2) is 5.78 Å². The summed E-state index contributed by atoms with van der Waals surface area (Å²) in [7, 11) is 0. The zero-order chi connectivity index (χ0) is 12.5. The molecule has 1 aromatic rings. The third-order valence-electron chi connectivity index (χ3n) is 3.58. The Labute approximate surface area is 107 Å². The molecule has 3 rings (SSSR count). The second kappa shape index (κ2) is 4.56. The predicted octanol–water partition coefficient (Wildman–Crippen LogP) is 2.36. The van der Waals surface area contributed by atoms with E-state index in [9.17, 15) is 4.79 Å². The van der Waals surface area contributed by atoms with Crippen molar-refractivity contribution in [1.82, 2.24) is 0 Å². The molecular weight excluding hydrogens is 226 g/mol. The minimum Gasteiger partial charge on any atom is -0.493 e. The largest absolute Gasteiger partial charge is 0.493 e. The number of hydrogen-bond acceptors (Lipinski definition) is 3. The minimum atomic E-state index is -0.0709. The van der Waals surface area contributed by atoms with E-state index in [1.165, 1.54) is 11.1 Å². The number of ether oxygens (including phenoxy) is 1. The lowest BCUT2D eigenvalue weighted by atomic mass is 10.0. The number of ketones is 1. The summed E-state index contributed by atoms with van der Waals surface area (Å²) < 4.78 is 5.49. The molecule has 0 amide bonds. The number of carbonyl (C=O) groups excluding carboxylic acids is 1. The van der Waals surface area contributed by atoms with Gasteiger partial charge in [-0.2, -0.15) is 0 Å². The molecule has 0 fully saturated rings. The molecule has 0 N–H and O–H groups in total. The summed E-state index contributed by atoms with van der Waals surface area (Å²) in [6.45, 7) is 2.43. The molecular formula is C15H17NO2. The van der Waals surface area contributed by atoms with Gasteiger partial charge in [0, 0.05) is 12.1 Å². The first-order valence-electron chi connectivity index (χ1n) is 6.55. The number of hydrogen-bond donors (Lipinski definition) is 0. The standard InChI is InChI=1S/C15H17NO2/c1-10(17)15-13(16-15)4-2-3-11-5-6-14-12(9-11)7-8-18-14/h5-6,9,15H,2-4,7-8H2,1H3. The maximum Gasteiger partial charge on any atom is 0.159 e. The molecule has 1 unspecified atom stereocenters. The minimum absolute atomic E-state index is 0.0709. The molecule has 0 bridgehead atoms. The van der Waals surface area contributed by atoms with Gasteiger partial charge in [-0.25, -0.2) is 0 Å². The Morgan fingerprint density at radius 2 is 2.33 bits per heavy atom. The van der Waals surface area contributed by atoms with Crippen LogP contribution in [-0.4, -0.2) is 24.1 Å². The normalized spacial score (nSPS) is 20.1. The van der Waals surface area contributed by atoms with Crippen molar-refractivity contribution >= 4 is 11.5 Å². The van der Waals surface area contributed by atoms with Gasteiger partial charge < -0.3 is 4.74 Å². The van der Waals surface area contributed by atoms with Crippen LogP contribution in [0.4, 0.5) is 0 Å². The molecule has 3 nitrogen and oxygen atoms in total. The second-order valence-corrected chi connectivity index (χ2v) is 5.03. The molecule has 0 aliphatic carbocycles. The monoisotopic (exact) mass is 243 g/mol. The van der Waals surface area contributed by atoms with Crippen molar-refractivity contribution in [3.05, 3.63) is 29.3 Å². The van der Waals surface area contributed by atoms with Crippen LogP contribution in [0.15, 0.2) is 23.2 Å². The summed E-state index contributed by atoms with van der Waals surface area (Å²) >= 11 is 0. The highest BCUT2D eigenvalue weighted by molar-refractivity contribution is 6.17. The quantitative estimate of drug-likeness (QED) is 0.796. The molecule has 94 valence electrons. The van der Waals surface area contributed by atoms with E-state index in [1.54, 1.807) is 6.92 Å². The average Bonchev–Trinajstić information content (AvgIpc) is 2.98. The summed E-state index contributed by atoms with van der Waals surface area (Å²) in [5.74, 6) is 1.22. The lowest BCUT2D eigenvalue weighted by Gasteiger charge is -2.03. The third kappa shape index (κ3) is 2.30. The number of rotatable bonds is 5. The Morgan fingerprint density at radius 3 is 3.11 bits per heavy atom. The fourth-order valence-electron chi connectivity index (χ4n) is 2.52. The van der Waals surface area contributed by atoms with Crippen molar-refractivity contribution in [2.24, 2.45) is 4.99 Å². The molecule has 0 saturated carbocycles. The lowest BCUT2D eigenvalue weighted by molar-refractivity contribution is -0.116. The van der Waals surface area contributed by atoms with Gasteiger partial charge in [0.1, 0.15) is 11.8 Å². The highest BCUT2D eigenvalue weighted by atomic mass is 16.5. The van der Waals surface area contributed by atoms with Crippen molar-refractivity contribution in [2.75, 3.05) is 6.61 Å².